The Balaban J connectivity index is 2.16. The first kappa shape index (κ1) is 13.7. The van der Waals surface area contributed by atoms with Crippen molar-refractivity contribution in [3.8, 4) is 11.5 Å². The highest BCUT2D eigenvalue weighted by Gasteiger charge is 2.18. The van der Waals surface area contributed by atoms with Crippen LogP contribution in [0.1, 0.15) is 31.9 Å². The van der Waals surface area contributed by atoms with E-state index >= 15 is 0 Å². The normalized spacial score (nSPS) is 16.6. The average Bonchev–Trinajstić information content (AvgIpc) is 2.43. The van der Waals surface area contributed by atoms with Gasteiger partial charge in [0.15, 0.2) is 11.5 Å². The smallest absolute Gasteiger partial charge is 0.237 e. The van der Waals surface area contributed by atoms with E-state index in [9.17, 15) is 4.79 Å². The molecule has 0 fully saturated rings. The number of nitrogens with one attached hydrogen (secondary N) is 1. The van der Waals surface area contributed by atoms with Crippen molar-refractivity contribution in [1.29, 1.82) is 0 Å². The Morgan fingerprint density at radius 3 is 2.68 bits per heavy atom. The van der Waals surface area contributed by atoms with E-state index in [1.807, 2.05) is 25.1 Å². The van der Waals surface area contributed by atoms with Crippen LogP contribution >= 0.6 is 0 Å². The van der Waals surface area contributed by atoms with Crippen LogP contribution in [0, 0.1) is 0 Å². The lowest BCUT2D eigenvalue weighted by molar-refractivity contribution is -0.122. The number of ether oxygens (including phenoxy) is 2. The lowest BCUT2D eigenvalue weighted by Crippen LogP contribution is -2.40. The van der Waals surface area contributed by atoms with Crippen molar-refractivity contribution in [2.45, 2.75) is 32.4 Å². The summed E-state index contributed by atoms with van der Waals surface area (Å²) in [5.41, 5.74) is 6.57. The molecule has 5 nitrogen and oxygen atoms in total. The summed E-state index contributed by atoms with van der Waals surface area (Å²) in [5.74, 6) is 1.34. The number of benzene rings is 1. The molecule has 5 heteroatoms. The zero-order valence-electron chi connectivity index (χ0n) is 11.3. The van der Waals surface area contributed by atoms with Gasteiger partial charge in [0, 0.05) is 0 Å². The fourth-order valence-corrected chi connectivity index (χ4v) is 2.00. The average molecular weight is 264 g/mol. The summed E-state index contributed by atoms with van der Waals surface area (Å²) in [6.45, 7) is 4.82. The molecule has 0 saturated carbocycles. The summed E-state index contributed by atoms with van der Waals surface area (Å²) < 4.78 is 11.0. The molecular weight excluding hydrogens is 244 g/mol. The molecular formula is C14H20N2O3. The SMILES string of the molecule is CCC(NC(=O)[C@@H](C)N)c1ccc2c(c1)OCCO2. The lowest BCUT2D eigenvalue weighted by atomic mass is 10.0. The minimum atomic E-state index is -0.508. The molecule has 2 rings (SSSR count). The molecule has 1 heterocycles. The molecule has 1 aliphatic heterocycles. The van der Waals surface area contributed by atoms with Gasteiger partial charge in [-0.3, -0.25) is 4.79 Å². The van der Waals surface area contributed by atoms with Gasteiger partial charge in [0.05, 0.1) is 12.1 Å². The fraction of sp³-hybridized carbons (Fsp3) is 0.500. The summed E-state index contributed by atoms with van der Waals surface area (Å²) in [7, 11) is 0. The Morgan fingerprint density at radius 1 is 1.37 bits per heavy atom. The quantitative estimate of drug-likeness (QED) is 0.861. The third-order valence-corrected chi connectivity index (χ3v) is 3.11. The first-order valence-corrected chi connectivity index (χ1v) is 6.57. The molecule has 1 aliphatic rings. The Morgan fingerprint density at radius 2 is 2.05 bits per heavy atom. The molecule has 1 amide bonds. The van der Waals surface area contributed by atoms with Crippen molar-refractivity contribution in [3.05, 3.63) is 23.8 Å². The van der Waals surface area contributed by atoms with Gasteiger partial charge in [-0.05, 0) is 31.0 Å². The topological polar surface area (TPSA) is 73.6 Å². The summed E-state index contributed by atoms with van der Waals surface area (Å²) in [6.07, 6.45) is 0.790. The van der Waals surface area contributed by atoms with E-state index in [1.54, 1.807) is 6.92 Å². The van der Waals surface area contributed by atoms with Gasteiger partial charge in [-0.1, -0.05) is 13.0 Å². The van der Waals surface area contributed by atoms with Crippen molar-refractivity contribution < 1.29 is 14.3 Å². The molecule has 1 aromatic rings. The number of carbonyl (C=O) groups excluding carboxylic acids is 1. The first-order chi connectivity index (χ1) is 9.11. The summed E-state index contributed by atoms with van der Waals surface area (Å²) in [6, 6.07) is 5.18. The monoisotopic (exact) mass is 264 g/mol. The molecule has 104 valence electrons. The van der Waals surface area contributed by atoms with E-state index in [0.29, 0.717) is 13.2 Å². The molecule has 19 heavy (non-hydrogen) atoms. The lowest BCUT2D eigenvalue weighted by Gasteiger charge is -2.22. The zero-order valence-corrected chi connectivity index (χ0v) is 11.3. The number of nitrogens with two attached hydrogens (primary N) is 1. The molecule has 2 atom stereocenters. The second kappa shape index (κ2) is 5.93. The van der Waals surface area contributed by atoms with Crippen LogP contribution in [0.5, 0.6) is 11.5 Å². The highest BCUT2D eigenvalue weighted by molar-refractivity contribution is 5.81. The van der Waals surface area contributed by atoms with Gasteiger partial charge in [-0.2, -0.15) is 0 Å². The Kier molecular flexibility index (Phi) is 4.27. The number of rotatable bonds is 4. The van der Waals surface area contributed by atoms with Crippen molar-refractivity contribution in [3.63, 3.8) is 0 Å². The number of hydrogen-bond donors (Lipinski definition) is 2. The van der Waals surface area contributed by atoms with E-state index in [2.05, 4.69) is 5.32 Å². The van der Waals surface area contributed by atoms with Crippen LogP contribution in [0.25, 0.3) is 0 Å². The van der Waals surface area contributed by atoms with Gasteiger partial charge in [0.2, 0.25) is 5.91 Å². The Bertz CT molecular complexity index is 460. The highest BCUT2D eigenvalue weighted by Crippen LogP contribution is 2.33. The van der Waals surface area contributed by atoms with Crippen LogP contribution in [0.2, 0.25) is 0 Å². The van der Waals surface area contributed by atoms with Crippen molar-refractivity contribution in [1.82, 2.24) is 5.32 Å². The van der Waals surface area contributed by atoms with Crippen LogP contribution in [-0.4, -0.2) is 25.2 Å². The van der Waals surface area contributed by atoms with Gasteiger partial charge in [-0.15, -0.1) is 0 Å². The first-order valence-electron chi connectivity index (χ1n) is 6.57. The maximum absolute atomic E-state index is 11.7. The standard InChI is InChI=1S/C14H20N2O3/c1-3-11(16-14(17)9(2)15)10-4-5-12-13(8-10)19-7-6-18-12/h4-5,8-9,11H,3,6-7,15H2,1-2H3,(H,16,17)/t9-,11?/m1/s1. The molecule has 3 N–H and O–H groups in total. The van der Waals surface area contributed by atoms with E-state index < -0.39 is 6.04 Å². The molecule has 0 radical (unpaired) electrons. The zero-order chi connectivity index (χ0) is 13.8. The molecule has 0 bridgehead atoms. The Hall–Kier alpha value is -1.75. The van der Waals surface area contributed by atoms with Gasteiger partial charge in [-0.25, -0.2) is 0 Å². The predicted molar refractivity (Wildman–Crippen MR) is 72.3 cm³/mol. The minimum absolute atomic E-state index is 0.0608. The largest absolute Gasteiger partial charge is 0.486 e. The molecule has 0 spiro atoms. The highest BCUT2D eigenvalue weighted by atomic mass is 16.6. The number of fused-ring (bicyclic) bond motifs is 1. The molecule has 1 aromatic carbocycles. The maximum atomic E-state index is 11.7. The van der Waals surface area contributed by atoms with Crippen LogP contribution < -0.4 is 20.5 Å². The third kappa shape index (κ3) is 3.17. The van der Waals surface area contributed by atoms with Crippen LogP contribution in [0.3, 0.4) is 0 Å². The maximum Gasteiger partial charge on any atom is 0.237 e. The second-order valence-electron chi connectivity index (χ2n) is 4.66. The van der Waals surface area contributed by atoms with Gasteiger partial charge in [0.1, 0.15) is 13.2 Å². The second-order valence-corrected chi connectivity index (χ2v) is 4.66. The summed E-state index contributed by atoms with van der Waals surface area (Å²) in [4.78, 5) is 11.7. The Labute approximate surface area is 113 Å². The van der Waals surface area contributed by atoms with Gasteiger partial charge in [0.25, 0.3) is 0 Å². The van der Waals surface area contributed by atoms with Crippen LogP contribution in [-0.2, 0) is 4.79 Å². The predicted octanol–water partition coefficient (Wildman–Crippen LogP) is 1.37. The minimum Gasteiger partial charge on any atom is -0.486 e. The molecule has 1 unspecified atom stereocenters. The summed E-state index contributed by atoms with van der Waals surface area (Å²) in [5, 5.41) is 2.93. The molecule has 0 aliphatic carbocycles. The van der Waals surface area contributed by atoms with E-state index in [0.717, 1.165) is 23.5 Å². The van der Waals surface area contributed by atoms with Crippen molar-refractivity contribution >= 4 is 5.91 Å². The van der Waals surface area contributed by atoms with Crippen LogP contribution in [0.4, 0.5) is 0 Å². The van der Waals surface area contributed by atoms with Gasteiger partial charge >= 0.3 is 0 Å². The van der Waals surface area contributed by atoms with Crippen molar-refractivity contribution in [2.24, 2.45) is 5.73 Å². The van der Waals surface area contributed by atoms with Crippen LogP contribution in [0.15, 0.2) is 18.2 Å². The van der Waals surface area contributed by atoms with E-state index in [-0.39, 0.29) is 11.9 Å². The summed E-state index contributed by atoms with van der Waals surface area (Å²) >= 11 is 0. The van der Waals surface area contributed by atoms with Crippen molar-refractivity contribution in [2.75, 3.05) is 13.2 Å². The number of carbonyl (C=O) groups is 1. The van der Waals surface area contributed by atoms with E-state index in [1.165, 1.54) is 0 Å². The fourth-order valence-electron chi connectivity index (χ4n) is 2.00. The third-order valence-electron chi connectivity index (χ3n) is 3.11. The van der Waals surface area contributed by atoms with Gasteiger partial charge < -0.3 is 20.5 Å². The number of amides is 1. The molecule has 0 aromatic heterocycles. The number of hydrogen-bond acceptors (Lipinski definition) is 4. The molecule has 0 saturated heterocycles. The van der Waals surface area contributed by atoms with E-state index in [4.69, 9.17) is 15.2 Å².